The molecular weight excluding hydrogens is 459 g/mol. The average Bonchev–Trinajstić information content (AvgIpc) is 3.15. The van der Waals surface area contributed by atoms with Crippen molar-refractivity contribution in [1.29, 1.82) is 0 Å². The molecule has 5 rings (SSSR count). The van der Waals surface area contributed by atoms with Gasteiger partial charge in [-0.05, 0) is 82.3 Å². The summed E-state index contributed by atoms with van der Waals surface area (Å²) in [6, 6.07) is 15.0. The van der Waals surface area contributed by atoms with Gasteiger partial charge in [0, 0.05) is 22.2 Å². The molecule has 3 nitrogen and oxygen atoms in total. The largest absolute Gasteiger partial charge is 0.370 e. The molecule has 28 heavy (non-hydrogen) atoms. The van der Waals surface area contributed by atoms with Crippen LogP contribution in [0, 0.1) is 3.57 Å². The standard InChI is InChI=1S/C24H21IN2O/c1-14-21(20-9-5-6-12-27(20)2)16-7-3-4-8-17(16)22(14)23-18-13-15(25)10-11-19(18)26-24(23)28/h3-13,20,22-23H,1-2H3,(H,26,28). The van der Waals surface area contributed by atoms with Crippen molar-refractivity contribution in [1.82, 2.24) is 4.90 Å². The minimum Gasteiger partial charge on any atom is -0.370 e. The van der Waals surface area contributed by atoms with Crippen molar-refractivity contribution in [3.63, 3.8) is 0 Å². The molecule has 4 heteroatoms. The summed E-state index contributed by atoms with van der Waals surface area (Å²) in [5.41, 5.74) is 7.23. The number of benzene rings is 2. The zero-order valence-corrected chi connectivity index (χ0v) is 18.0. The maximum Gasteiger partial charge on any atom is 0.232 e. The molecule has 1 N–H and O–H groups in total. The van der Waals surface area contributed by atoms with E-state index in [-0.39, 0.29) is 23.8 Å². The van der Waals surface area contributed by atoms with E-state index >= 15 is 0 Å². The normalized spacial score (nSPS) is 25.2. The first-order chi connectivity index (χ1) is 13.6. The van der Waals surface area contributed by atoms with E-state index in [1.807, 2.05) is 12.1 Å². The van der Waals surface area contributed by atoms with Gasteiger partial charge in [-0.2, -0.15) is 0 Å². The van der Waals surface area contributed by atoms with Crippen molar-refractivity contribution in [2.45, 2.75) is 24.8 Å². The highest BCUT2D eigenvalue weighted by molar-refractivity contribution is 14.1. The molecular formula is C24H21IN2O. The Kier molecular flexibility index (Phi) is 4.19. The topological polar surface area (TPSA) is 32.3 Å². The highest BCUT2D eigenvalue weighted by atomic mass is 127. The lowest BCUT2D eigenvalue weighted by Gasteiger charge is -2.29. The molecule has 0 aromatic heterocycles. The zero-order chi connectivity index (χ0) is 19.4. The van der Waals surface area contributed by atoms with E-state index in [0.29, 0.717) is 0 Å². The molecule has 0 bridgehead atoms. The second-order valence-corrected chi connectivity index (χ2v) is 8.94. The molecule has 3 atom stereocenters. The predicted molar refractivity (Wildman–Crippen MR) is 122 cm³/mol. The van der Waals surface area contributed by atoms with Crippen LogP contribution in [0.5, 0.6) is 0 Å². The molecule has 2 heterocycles. The van der Waals surface area contributed by atoms with Gasteiger partial charge in [-0.15, -0.1) is 0 Å². The summed E-state index contributed by atoms with van der Waals surface area (Å²) in [6.45, 7) is 2.21. The SMILES string of the molecule is CC1=C(C2C=CC=CN2C)c2ccccc2C1C1C(=O)Nc2ccc(I)cc21. The molecule has 0 saturated heterocycles. The number of allylic oxidation sites excluding steroid dienone is 3. The Morgan fingerprint density at radius 1 is 1.04 bits per heavy atom. The number of fused-ring (bicyclic) bond motifs is 2. The lowest BCUT2D eigenvalue weighted by molar-refractivity contribution is -0.117. The van der Waals surface area contributed by atoms with Crippen molar-refractivity contribution in [3.05, 3.63) is 92.7 Å². The number of rotatable bonds is 2. The third kappa shape index (κ3) is 2.58. The first-order valence-electron chi connectivity index (χ1n) is 9.53. The van der Waals surface area contributed by atoms with Crippen molar-refractivity contribution < 1.29 is 4.79 Å². The first kappa shape index (κ1) is 17.7. The van der Waals surface area contributed by atoms with Gasteiger partial charge < -0.3 is 10.2 Å². The van der Waals surface area contributed by atoms with Gasteiger partial charge in [-0.25, -0.2) is 0 Å². The summed E-state index contributed by atoms with van der Waals surface area (Å²) in [7, 11) is 2.11. The smallest absolute Gasteiger partial charge is 0.232 e. The molecule has 3 unspecified atom stereocenters. The molecule has 0 fully saturated rings. The third-order valence-electron chi connectivity index (χ3n) is 6.16. The predicted octanol–water partition coefficient (Wildman–Crippen LogP) is 5.28. The van der Waals surface area contributed by atoms with Crippen LogP contribution in [0.3, 0.4) is 0 Å². The van der Waals surface area contributed by atoms with E-state index in [0.717, 1.165) is 14.8 Å². The van der Waals surface area contributed by atoms with E-state index < -0.39 is 0 Å². The molecule has 1 amide bonds. The average molecular weight is 480 g/mol. The van der Waals surface area contributed by atoms with E-state index in [4.69, 9.17) is 0 Å². The molecule has 3 aliphatic rings. The second-order valence-electron chi connectivity index (χ2n) is 7.70. The quantitative estimate of drug-likeness (QED) is 0.594. The molecule has 140 valence electrons. The van der Waals surface area contributed by atoms with Gasteiger partial charge in [-0.3, -0.25) is 4.79 Å². The van der Waals surface area contributed by atoms with E-state index in [9.17, 15) is 4.79 Å². The Balaban J connectivity index is 1.69. The Bertz CT molecular complexity index is 1080. The van der Waals surface area contributed by atoms with Gasteiger partial charge in [0.2, 0.25) is 5.91 Å². The highest BCUT2D eigenvalue weighted by Crippen LogP contribution is 2.53. The maximum atomic E-state index is 13.1. The van der Waals surface area contributed by atoms with E-state index in [2.05, 4.69) is 102 Å². The molecule has 0 spiro atoms. The maximum absolute atomic E-state index is 13.1. The number of hydrogen-bond donors (Lipinski definition) is 1. The minimum atomic E-state index is -0.184. The lowest BCUT2D eigenvalue weighted by Crippen LogP contribution is -2.28. The number of carbonyl (C=O) groups is 1. The van der Waals surface area contributed by atoms with Crippen LogP contribution in [0.4, 0.5) is 5.69 Å². The summed E-state index contributed by atoms with van der Waals surface area (Å²) in [4.78, 5) is 15.3. The number of hydrogen-bond acceptors (Lipinski definition) is 2. The first-order valence-corrected chi connectivity index (χ1v) is 10.6. The lowest BCUT2D eigenvalue weighted by atomic mass is 9.80. The second kappa shape index (κ2) is 6.62. The number of likely N-dealkylation sites (N-methyl/N-ethyl adjacent to an activating group) is 1. The van der Waals surface area contributed by atoms with Crippen LogP contribution in [-0.2, 0) is 4.79 Å². The van der Waals surface area contributed by atoms with Crippen molar-refractivity contribution >= 4 is 39.8 Å². The van der Waals surface area contributed by atoms with Gasteiger partial charge >= 0.3 is 0 Å². The van der Waals surface area contributed by atoms with Gasteiger partial charge in [0.25, 0.3) is 0 Å². The van der Waals surface area contributed by atoms with Crippen LogP contribution in [0.2, 0.25) is 0 Å². The number of halogens is 1. The molecule has 2 aromatic rings. The minimum absolute atomic E-state index is 0.0679. The fraction of sp³-hybridized carbons (Fsp3) is 0.208. The monoisotopic (exact) mass is 480 g/mol. The number of amides is 1. The summed E-state index contributed by atoms with van der Waals surface area (Å²) < 4.78 is 1.16. The number of carbonyl (C=O) groups excluding carboxylic acids is 1. The molecule has 2 aliphatic heterocycles. The molecule has 0 saturated carbocycles. The van der Waals surface area contributed by atoms with Crippen LogP contribution >= 0.6 is 22.6 Å². The number of nitrogens with zero attached hydrogens (tertiary/aromatic N) is 1. The number of anilines is 1. The Labute approximate surface area is 179 Å². The summed E-state index contributed by atoms with van der Waals surface area (Å²) in [5, 5.41) is 3.11. The van der Waals surface area contributed by atoms with E-state index in [1.165, 1.54) is 22.3 Å². The van der Waals surface area contributed by atoms with Crippen molar-refractivity contribution in [2.24, 2.45) is 0 Å². The molecule has 2 aromatic carbocycles. The van der Waals surface area contributed by atoms with Crippen LogP contribution in [0.1, 0.15) is 35.4 Å². The molecule has 0 radical (unpaired) electrons. The van der Waals surface area contributed by atoms with Crippen LogP contribution in [0.15, 0.2) is 72.5 Å². The van der Waals surface area contributed by atoms with Gasteiger partial charge in [0.15, 0.2) is 0 Å². The summed E-state index contributed by atoms with van der Waals surface area (Å²) in [5.74, 6) is -0.0139. The van der Waals surface area contributed by atoms with Crippen LogP contribution < -0.4 is 5.32 Å². The van der Waals surface area contributed by atoms with Crippen molar-refractivity contribution in [3.8, 4) is 0 Å². The fourth-order valence-electron chi connectivity index (χ4n) is 4.92. The summed E-state index contributed by atoms with van der Waals surface area (Å²) in [6.07, 6.45) is 8.53. The number of nitrogens with one attached hydrogen (secondary N) is 1. The van der Waals surface area contributed by atoms with Gasteiger partial charge in [-0.1, -0.05) is 42.0 Å². The van der Waals surface area contributed by atoms with E-state index in [1.54, 1.807) is 0 Å². The zero-order valence-electron chi connectivity index (χ0n) is 15.8. The highest BCUT2D eigenvalue weighted by Gasteiger charge is 2.44. The van der Waals surface area contributed by atoms with Crippen molar-refractivity contribution in [2.75, 3.05) is 12.4 Å². The third-order valence-corrected chi connectivity index (χ3v) is 6.83. The fourth-order valence-corrected chi connectivity index (χ4v) is 5.43. The molecule has 1 aliphatic carbocycles. The Morgan fingerprint density at radius 2 is 1.86 bits per heavy atom. The Hall–Kier alpha value is -2.34. The Morgan fingerprint density at radius 3 is 2.68 bits per heavy atom. The van der Waals surface area contributed by atoms with Crippen LogP contribution in [-0.4, -0.2) is 23.9 Å². The van der Waals surface area contributed by atoms with Crippen LogP contribution in [0.25, 0.3) is 5.57 Å². The summed E-state index contributed by atoms with van der Waals surface area (Å²) >= 11 is 2.33. The van der Waals surface area contributed by atoms with Gasteiger partial charge in [0.05, 0.1) is 12.0 Å². The van der Waals surface area contributed by atoms with Gasteiger partial charge in [0.1, 0.15) is 0 Å².